The summed E-state index contributed by atoms with van der Waals surface area (Å²) in [5.41, 5.74) is 5.23. The highest BCUT2D eigenvalue weighted by molar-refractivity contribution is 6.08. The largest absolute Gasteiger partial charge is 0.495 e. The van der Waals surface area contributed by atoms with Gasteiger partial charge in [-0.2, -0.15) is 0 Å². The first-order valence-corrected chi connectivity index (χ1v) is 11.3. The van der Waals surface area contributed by atoms with E-state index >= 15 is 0 Å². The van der Waals surface area contributed by atoms with E-state index in [9.17, 15) is 9.59 Å². The number of nitrogens with one attached hydrogen (secondary N) is 1. The average molecular weight is 469 g/mol. The number of carbonyl (C=O) groups excluding carboxylic acids is 2. The van der Waals surface area contributed by atoms with Gasteiger partial charge in [-0.3, -0.25) is 4.79 Å². The minimum Gasteiger partial charge on any atom is -0.495 e. The van der Waals surface area contributed by atoms with Crippen molar-refractivity contribution in [2.75, 3.05) is 19.0 Å². The molecule has 7 nitrogen and oxygen atoms in total. The molecule has 1 N–H and O–H groups in total. The van der Waals surface area contributed by atoms with Crippen molar-refractivity contribution in [1.82, 2.24) is 4.98 Å². The number of ether oxygens (including phenoxy) is 2. The molecule has 2 heterocycles. The van der Waals surface area contributed by atoms with Crippen molar-refractivity contribution in [3.63, 3.8) is 0 Å². The number of fused-ring (bicyclic) bond motifs is 2. The first-order chi connectivity index (χ1) is 17.0. The maximum atomic E-state index is 13.3. The molecule has 0 radical (unpaired) electrons. The number of aromatic nitrogens is 1. The number of anilines is 1. The fraction of sp³-hybridized carbons (Fsp3) is 0.179. The van der Waals surface area contributed by atoms with Crippen molar-refractivity contribution >= 4 is 40.1 Å². The van der Waals surface area contributed by atoms with E-state index in [1.54, 1.807) is 18.4 Å². The molecule has 0 bridgehead atoms. The van der Waals surface area contributed by atoms with Gasteiger partial charge in [0.1, 0.15) is 11.5 Å². The number of esters is 1. The molecule has 1 aliphatic rings. The summed E-state index contributed by atoms with van der Waals surface area (Å²) in [6.45, 7) is 1.50. The number of furan rings is 1. The van der Waals surface area contributed by atoms with E-state index < -0.39 is 18.5 Å². The minimum atomic E-state index is -0.551. The Bertz CT molecular complexity index is 1450. The number of benzene rings is 2. The van der Waals surface area contributed by atoms with Crippen molar-refractivity contribution < 1.29 is 23.5 Å². The Balaban J connectivity index is 1.41. The average Bonchev–Trinajstić information content (AvgIpc) is 3.52. The highest BCUT2D eigenvalue weighted by atomic mass is 16.5. The summed E-state index contributed by atoms with van der Waals surface area (Å²) in [6.07, 6.45) is 4.95. The van der Waals surface area contributed by atoms with Gasteiger partial charge in [0.05, 0.1) is 35.8 Å². The van der Waals surface area contributed by atoms with Gasteiger partial charge in [0.25, 0.3) is 5.91 Å². The molecule has 1 amide bonds. The third-order valence-electron chi connectivity index (χ3n) is 5.97. The molecule has 0 saturated carbocycles. The van der Waals surface area contributed by atoms with Gasteiger partial charge in [0.2, 0.25) is 0 Å². The molecule has 1 aliphatic carbocycles. The van der Waals surface area contributed by atoms with Gasteiger partial charge >= 0.3 is 5.97 Å². The molecular weight excluding hydrogens is 444 g/mol. The molecule has 176 valence electrons. The zero-order valence-corrected chi connectivity index (χ0v) is 19.5. The van der Waals surface area contributed by atoms with Gasteiger partial charge in [-0.05, 0) is 72.9 Å². The number of hydrogen-bond acceptors (Lipinski definition) is 6. The van der Waals surface area contributed by atoms with Gasteiger partial charge in [-0.25, -0.2) is 9.78 Å². The molecule has 0 spiro atoms. The zero-order valence-electron chi connectivity index (χ0n) is 19.5. The van der Waals surface area contributed by atoms with Gasteiger partial charge in [-0.1, -0.05) is 24.3 Å². The van der Waals surface area contributed by atoms with E-state index in [0.717, 1.165) is 34.6 Å². The molecule has 4 aromatic rings. The summed E-state index contributed by atoms with van der Waals surface area (Å²) in [5, 5.41) is 3.46. The van der Waals surface area contributed by atoms with Crippen molar-refractivity contribution in [3.05, 3.63) is 89.0 Å². The number of rotatable bonds is 6. The van der Waals surface area contributed by atoms with Crippen molar-refractivity contribution in [2.45, 2.75) is 19.8 Å². The fourth-order valence-corrected chi connectivity index (χ4v) is 4.37. The van der Waals surface area contributed by atoms with Crippen LogP contribution in [0.3, 0.4) is 0 Å². The number of aryl methyl sites for hydroxylation is 1. The SMILES string of the molecule is COc1ccc(C)cc1NC(=O)COC(=O)c1c2c(nc3ccccc13)/C(=C\c1ccco1)CC2. The molecule has 0 saturated heterocycles. The second-order valence-corrected chi connectivity index (χ2v) is 8.34. The third-order valence-corrected chi connectivity index (χ3v) is 5.97. The molecule has 7 heteroatoms. The quantitative estimate of drug-likeness (QED) is 0.380. The normalized spacial score (nSPS) is 13.6. The Kier molecular flexibility index (Phi) is 6.06. The molecular formula is C28H24N2O5. The Morgan fingerprint density at radius 1 is 1.11 bits per heavy atom. The zero-order chi connectivity index (χ0) is 24.4. The van der Waals surface area contributed by atoms with E-state index in [1.807, 2.05) is 55.5 Å². The number of methoxy groups -OCH3 is 1. The maximum Gasteiger partial charge on any atom is 0.339 e. The van der Waals surface area contributed by atoms with Crippen LogP contribution in [-0.4, -0.2) is 30.6 Å². The molecule has 2 aromatic carbocycles. The van der Waals surface area contributed by atoms with Crippen LogP contribution in [0.15, 0.2) is 65.3 Å². The fourth-order valence-electron chi connectivity index (χ4n) is 4.37. The van der Waals surface area contributed by atoms with Crippen LogP contribution in [0.25, 0.3) is 22.6 Å². The molecule has 2 aromatic heterocycles. The monoisotopic (exact) mass is 468 g/mol. The summed E-state index contributed by atoms with van der Waals surface area (Å²) in [6, 6.07) is 16.6. The molecule has 0 aliphatic heterocycles. The highest BCUT2D eigenvalue weighted by Crippen LogP contribution is 2.37. The first-order valence-electron chi connectivity index (χ1n) is 11.3. The van der Waals surface area contributed by atoms with E-state index in [1.165, 1.54) is 7.11 Å². The number of allylic oxidation sites excluding steroid dienone is 1. The van der Waals surface area contributed by atoms with E-state index in [2.05, 4.69) is 5.32 Å². The number of amides is 1. The predicted molar refractivity (Wildman–Crippen MR) is 133 cm³/mol. The number of carbonyl (C=O) groups is 2. The van der Waals surface area contributed by atoms with Gasteiger partial charge < -0.3 is 19.2 Å². The van der Waals surface area contributed by atoms with Gasteiger partial charge in [-0.15, -0.1) is 0 Å². The molecule has 0 atom stereocenters. The summed E-state index contributed by atoms with van der Waals surface area (Å²) < 4.78 is 16.2. The Labute approximate surface area is 202 Å². The lowest BCUT2D eigenvalue weighted by Crippen LogP contribution is -2.22. The lowest BCUT2D eigenvalue weighted by atomic mass is 10.0. The predicted octanol–water partition coefficient (Wildman–Crippen LogP) is 5.43. The Hall–Kier alpha value is -4.39. The van der Waals surface area contributed by atoms with Crippen LogP contribution >= 0.6 is 0 Å². The highest BCUT2D eigenvalue weighted by Gasteiger charge is 2.28. The summed E-state index contributed by atoms with van der Waals surface area (Å²) in [5.74, 6) is 0.264. The van der Waals surface area contributed by atoms with Crippen LogP contribution < -0.4 is 10.1 Å². The standard InChI is InChI=1S/C28H24N2O5/c1-17-9-12-24(33-2)23(14-17)29-25(31)16-35-28(32)26-20-7-3-4-8-22(20)30-27-18(10-11-21(26)27)15-19-6-5-13-34-19/h3-9,12-15H,10-11,16H2,1-2H3,(H,29,31)/b18-15-. The lowest BCUT2D eigenvalue weighted by molar-refractivity contribution is -0.119. The topological polar surface area (TPSA) is 90.7 Å². The third kappa shape index (κ3) is 4.53. The lowest BCUT2D eigenvalue weighted by Gasteiger charge is -2.13. The van der Waals surface area contributed by atoms with Crippen molar-refractivity contribution in [1.29, 1.82) is 0 Å². The van der Waals surface area contributed by atoms with Crippen LogP contribution in [0.5, 0.6) is 5.75 Å². The molecule has 0 fully saturated rings. The van der Waals surface area contributed by atoms with Crippen LogP contribution in [0.1, 0.15) is 39.4 Å². The number of nitrogens with zero attached hydrogens (tertiary/aromatic N) is 1. The molecule has 35 heavy (non-hydrogen) atoms. The van der Waals surface area contributed by atoms with Crippen molar-refractivity contribution in [2.24, 2.45) is 0 Å². The maximum absolute atomic E-state index is 13.3. The first kappa shape index (κ1) is 22.4. The van der Waals surface area contributed by atoms with Crippen molar-refractivity contribution in [3.8, 4) is 5.75 Å². The van der Waals surface area contributed by atoms with Crippen LogP contribution in [0.4, 0.5) is 5.69 Å². The Morgan fingerprint density at radius 3 is 2.77 bits per heavy atom. The van der Waals surface area contributed by atoms with E-state index in [4.69, 9.17) is 18.9 Å². The van der Waals surface area contributed by atoms with Gasteiger partial charge in [0, 0.05) is 5.39 Å². The minimum absolute atomic E-state index is 0.420. The second kappa shape index (κ2) is 9.46. The molecule has 0 unspecified atom stereocenters. The number of hydrogen-bond donors (Lipinski definition) is 1. The summed E-state index contributed by atoms with van der Waals surface area (Å²) in [7, 11) is 1.53. The molecule has 5 rings (SSSR count). The second-order valence-electron chi connectivity index (χ2n) is 8.34. The summed E-state index contributed by atoms with van der Waals surface area (Å²) >= 11 is 0. The van der Waals surface area contributed by atoms with Crippen LogP contribution in [0, 0.1) is 6.92 Å². The van der Waals surface area contributed by atoms with E-state index in [-0.39, 0.29) is 0 Å². The number of pyridine rings is 1. The smallest absolute Gasteiger partial charge is 0.339 e. The van der Waals surface area contributed by atoms with Crippen LogP contribution in [0.2, 0.25) is 0 Å². The van der Waals surface area contributed by atoms with Crippen LogP contribution in [-0.2, 0) is 16.0 Å². The Morgan fingerprint density at radius 2 is 1.97 bits per heavy atom. The van der Waals surface area contributed by atoms with Gasteiger partial charge in [0.15, 0.2) is 6.61 Å². The summed E-state index contributed by atoms with van der Waals surface area (Å²) in [4.78, 5) is 30.7. The van der Waals surface area contributed by atoms with E-state index in [0.29, 0.717) is 34.3 Å². The number of para-hydroxylation sites is 1.